The van der Waals surface area contributed by atoms with Crippen molar-refractivity contribution in [3.8, 4) is 0 Å². The Bertz CT molecular complexity index is 755. The Morgan fingerprint density at radius 1 is 1.21 bits per heavy atom. The van der Waals surface area contributed by atoms with Crippen LogP contribution in [0.4, 0.5) is 4.39 Å². The van der Waals surface area contributed by atoms with E-state index in [2.05, 4.69) is 34.6 Å². The van der Waals surface area contributed by atoms with Gasteiger partial charge in [0.05, 0.1) is 18.3 Å². The number of benzene rings is 1. The van der Waals surface area contributed by atoms with E-state index in [0.29, 0.717) is 25.0 Å². The molecule has 1 aromatic heterocycles. The molecule has 1 heterocycles. The van der Waals surface area contributed by atoms with Gasteiger partial charge in [-0.15, -0.1) is 0 Å². The lowest BCUT2D eigenvalue weighted by atomic mass is 9.99. The molecule has 0 aliphatic rings. The smallest absolute Gasteiger partial charge is 0.191 e. The first kappa shape index (κ1) is 21.9. The molecule has 0 aliphatic carbocycles. The molecule has 7 heteroatoms. The quantitative estimate of drug-likeness (QED) is 0.506. The number of hydrogen-bond acceptors (Lipinski definition) is 4. The van der Waals surface area contributed by atoms with Gasteiger partial charge in [0.25, 0.3) is 0 Å². The lowest BCUT2D eigenvalue weighted by molar-refractivity contribution is 0.297. The number of nitrogens with one attached hydrogen (secondary N) is 2. The van der Waals surface area contributed by atoms with Gasteiger partial charge in [0.15, 0.2) is 11.7 Å². The normalized spacial score (nSPS) is 13.2. The molecule has 2 N–H and O–H groups in total. The number of likely N-dealkylation sites (N-methyl/N-ethyl adjacent to an activating group) is 1. The van der Waals surface area contributed by atoms with Crippen molar-refractivity contribution in [1.82, 2.24) is 20.7 Å². The summed E-state index contributed by atoms with van der Waals surface area (Å²) in [6.45, 7) is 5.41. The van der Waals surface area contributed by atoms with Crippen molar-refractivity contribution in [1.29, 1.82) is 0 Å². The molecule has 0 fully saturated rings. The largest absolute Gasteiger partial charge is 0.359 e. The van der Waals surface area contributed by atoms with E-state index in [1.807, 2.05) is 31.1 Å². The van der Waals surface area contributed by atoms with E-state index in [0.717, 1.165) is 29.9 Å². The Morgan fingerprint density at radius 3 is 2.57 bits per heavy atom. The number of hydrogen-bond donors (Lipinski definition) is 2. The molecular weight excluding hydrogens is 357 g/mol. The van der Waals surface area contributed by atoms with Crippen LogP contribution in [-0.4, -0.2) is 43.7 Å². The van der Waals surface area contributed by atoms with E-state index in [1.165, 1.54) is 6.07 Å². The molecule has 0 aliphatic heterocycles. The Kier molecular flexibility index (Phi) is 8.44. The molecule has 0 saturated heterocycles. The second kappa shape index (κ2) is 10.8. The zero-order chi connectivity index (χ0) is 20.5. The van der Waals surface area contributed by atoms with Gasteiger partial charge in [-0.25, -0.2) is 4.39 Å². The zero-order valence-electron chi connectivity index (χ0n) is 17.5. The summed E-state index contributed by atoms with van der Waals surface area (Å²) in [5.74, 6) is 1.63. The molecule has 0 bridgehead atoms. The monoisotopic (exact) mass is 389 g/mol. The van der Waals surface area contributed by atoms with Gasteiger partial charge in [-0.3, -0.25) is 4.99 Å². The molecule has 0 radical (unpaired) electrons. The van der Waals surface area contributed by atoms with Gasteiger partial charge in [-0.1, -0.05) is 31.1 Å². The molecule has 6 nitrogen and oxygen atoms in total. The average molecular weight is 390 g/mol. The lowest BCUT2D eigenvalue weighted by Crippen LogP contribution is -2.41. The topological polar surface area (TPSA) is 65.7 Å². The van der Waals surface area contributed by atoms with Crippen LogP contribution in [0.25, 0.3) is 0 Å². The minimum atomic E-state index is -0.231. The van der Waals surface area contributed by atoms with Crippen LogP contribution in [0.15, 0.2) is 39.8 Å². The van der Waals surface area contributed by atoms with Crippen molar-refractivity contribution in [3.63, 3.8) is 0 Å². The summed E-state index contributed by atoms with van der Waals surface area (Å²) in [6.07, 6.45) is 2.09. The second-order valence-corrected chi connectivity index (χ2v) is 7.07. The summed E-state index contributed by atoms with van der Waals surface area (Å²) in [5, 5.41) is 10.7. The Morgan fingerprint density at radius 2 is 1.96 bits per heavy atom. The highest BCUT2D eigenvalue weighted by atomic mass is 19.1. The number of halogens is 1. The molecule has 0 saturated carbocycles. The summed E-state index contributed by atoms with van der Waals surface area (Å²) in [6, 6.07) is 8.71. The van der Waals surface area contributed by atoms with Crippen molar-refractivity contribution in [2.75, 3.05) is 27.7 Å². The molecule has 28 heavy (non-hydrogen) atoms. The number of aromatic nitrogens is 1. The maximum atomic E-state index is 13.6. The van der Waals surface area contributed by atoms with E-state index in [9.17, 15) is 4.39 Å². The van der Waals surface area contributed by atoms with E-state index >= 15 is 0 Å². The number of rotatable bonds is 9. The number of aliphatic imine (C=N–C) groups is 1. The van der Waals surface area contributed by atoms with Crippen LogP contribution < -0.4 is 10.6 Å². The highest BCUT2D eigenvalue weighted by molar-refractivity contribution is 5.79. The maximum absolute atomic E-state index is 13.6. The summed E-state index contributed by atoms with van der Waals surface area (Å²) in [7, 11) is 5.67. The molecule has 1 unspecified atom stereocenters. The minimum Gasteiger partial charge on any atom is -0.359 e. The molecule has 2 aromatic rings. The fourth-order valence-electron chi connectivity index (χ4n) is 3.21. The maximum Gasteiger partial charge on any atom is 0.191 e. The molecule has 1 atom stereocenters. The standard InChI is InChI=1S/C21H32FN5O/c1-6-15(7-2)19-12-18(28-26-19)13-24-21(23-3)25-14-20(27(4)5)16-9-8-10-17(22)11-16/h8-12,15,20H,6-7,13-14H2,1-5H3,(H2,23,24,25). The fraction of sp³-hybridized carbons (Fsp3) is 0.524. The Hall–Kier alpha value is -2.41. The third-order valence-corrected chi connectivity index (χ3v) is 4.95. The van der Waals surface area contributed by atoms with Crippen LogP contribution in [0.3, 0.4) is 0 Å². The molecule has 1 aromatic carbocycles. The SMILES string of the molecule is CCC(CC)c1cc(CNC(=NC)NCC(c2cccc(F)c2)N(C)C)on1. The van der Waals surface area contributed by atoms with Gasteiger partial charge < -0.3 is 20.1 Å². The van der Waals surface area contributed by atoms with E-state index in [-0.39, 0.29) is 11.9 Å². The van der Waals surface area contributed by atoms with Crippen LogP contribution >= 0.6 is 0 Å². The third kappa shape index (κ3) is 6.05. The van der Waals surface area contributed by atoms with Gasteiger partial charge in [0.2, 0.25) is 0 Å². The summed E-state index contributed by atoms with van der Waals surface area (Å²) >= 11 is 0. The van der Waals surface area contributed by atoms with Crippen molar-refractivity contribution in [2.45, 2.75) is 45.2 Å². The predicted molar refractivity (Wildman–Crippen MR) is 111 cm³/mol. The summed E-state index contributed by atoms with van der Waals surface area (Å²) in [5.41, 5.74) is 1.92. The van der Waals surface area contributed by atoms with E-state index < -0.39 is 0 Å². The van der Waals surface area contributed by atoms with Gasteiger partial charge >= 0.3 is 0 Å². The fourth-order valence-corrected chi connectivity index (χ4v) is 3.21. The predicted octanol–water partition coefficient (Wildman–Crippen LogP) is 3.69. The first-order valence-corrected chi connectivity index (χ1v) is 9.80. The Balaban J connectivity index is 1.93. The summed E-state index contributed by atoms with van der Waals surface area (Å²) < 4.78 is 19.0. The number of nitrogens with zero attached hydrogens (tertiary/aromatic N) is 3. The first-order valence-electron chi connectivity index (χ1n) is 9.80. The van der Waals surface area contributed by atoms with Crippen LogP contribution in [0, 0.1) is 5.82 Å². The molecule has 154 valence electrons. The first-order chi connectivity index (χ1) is 13.5. The van der Waals surface area contributed by atoms with Crippen LogP contribution in [0.2, 0.25) is 0 Å². The lowest BCUT2D eigenvalue weighted by Gasteiger charge is -2.26. The molecule has 2 rings (SSSR count). The molecule has 0 spiro atoms. The van der Waals surface area contributed by atoms with Gasteiger partial charge in [0.1, 0.15) is 5.82 Å². The Labute approximate surface area is 167 Å². The second-order valence-electron chi connectivity index (χ2n) is 7.07. The third-order valence-electron chi connectivity index (χ3n) is 4.95. The highest BCUT2D eigenvalue weighted by Gasteiger charge is 2.16. The van der Waals surface area contributed by atoms with Crippen molar-refractivity contribution >= 4 is 5.96 Å². The van der Waals surface area contributed by atoms with Crippen LogP contribution in [0.5, 0.6) is 0 Å². The van der Waals surface area contributed by atoms with Crippen molar-refractivity contribution in [3.05, 3.63) is 53.2 Å². The minimum absolute atomic E-state index is 0.0148. The van der Waals surface area contributed by atoms with Gasteiger partial charge in [-0.05, 0) is 44.6 Å². The summed E-state index contributed by atoms with van der Waals surface area (Å²) in [4.78, 5) is 6.31. The molecule has 0 amide bonds. The average Bonchev–Trinajstić information content (AvgIpc) is 3.14. The highest BCUT2D eigenvalue weighted by Crippen LogP contribution is 2.22. The molecular formula is C21H32FN5O. The van der Waals surface area contributed by atoms with Gasteiger partial charge in [-0.2, -0.15) is 0 Å². The zero-order valence-corrected chi connectivity index (χ0v) is 17.5. The van der Waals surface area contributed by atoms with Gasteiger partial charge in [0, 0.05) is 25.6 Å². The van der Waals surface area contributed by atoms with Crippen LogP contribution in [0.1, 0.15) is 55.7 Å². The van der Waals surface area contributed by atoms with E-state index in [1.54, 1.807) is 19.2 Å². The van der Waals surface area contributed by atoms with Crippen molar-refractivity contribution in [2.24, 2.45) is 4.99 Å². The van der Waals surface area contributed by atoms with Crippen LogP contribution in [-0.2, 0) is 6.54 Å². The van der Waals surface area contributed by atoms with E-state index in [4.69, 9.17) is 4.52 Å². The number of guanidine groups is 1. The van der Waals surface area contributed by atoms with Crippen molar-refractivity contribution < 1.29 is 8.91 Å².